The van der Waals surface area contributed by atoms with Gasteiger partial charge in [-0.3, -0.25) is 10.1 Å². The zero-order chi connectivity index (χ0) is 17.3. The summed E-state index contributed by atoms with van der Waals surface area (Å²) in [5.41, 5.74) is 2.24. The summed E-state index contributed by atoms with van der Waals surface area (Å²) < 4.78 is 6.89. The Balaban J connectivity index is 1.80. The molecule has 1 N–H and O–H groups in total. The molecule has 24 heavy (non-hydrogen) atoms. The number of hydrogen-bond acceptors (Lipinski definition) is 4. The maximum atomic E-state index is 12.6. The first-order chi connectivity index (χ1) is 11.3. The summed E-state index contributed by atoms with van der Waals surface area (Å²) in [5, 5.41) is 3.47. The molecular formula is C19H20N2O2S. The third kappa shape index (κ3) is 3.41. The number of rotatable bonds is 4. The molecule has 0 bridgehead atoms. The molecular weight excluding hydrogens is 320 g/mol. The number of benzene rings is 2. The van der Waals surface area contributed by atoms with Gasteiger partial charge in [0.1, 0.15) is 5.75 Å². The lowest BCUT2D eigenvalue weighted by Crippen LogP contribution is -2.42. The van der Waals surface area contributed by atoms with Gasteiger partial charge in [-0.25, -0.2) is 4.98 Å². The third-order valence-electron chi connectivity index (χ3n) is 3.71. The molecule has 3 aromatic rings. The van der Waals surface area contributed by atoms with Crippen LogP contribution in [0.25, 0.3) is 10.2 Å². The first-order valence-electron chi connectivity index (χ1n) is 7.78. The average molecular weight is 340 g/mol. The van der Waals surface area contributed by atoms with Gasteiger partial charge in [-0.05, 0) is 57.0 Å². The lowest BCUT2D eigenvalue weighted by molar-refractivity contribution is -0.128. The number of para-hydroxylation sites is 1. The average Bonchev–Trinajstić information content (AvgIpc) is 2.90. The van der Waals surface area contributed by atoms with Crippen molar-refractivity contribution in [3.8, 4) is 5.75 Å². The molecule has 0 aliphatic heterocycles. The summed E-state index contributed by atoms with van der Waals surface area (Å²) in [6.45, 7) is 7.58. The van der Waals surface area contributed by atoms with Gasteiger partial charge in [0.2, 0.25) is 0 Å². The molecule has 1 heterocycles. The van der Waals surface area contributed by atoms with Crippen molar-refractivity contribution in [3.63, 3.8) is 0 Å². The fraction of sp³-hybridized carbons (Fsp3) is 0.263. The van der Waals surface area contributed by atoms with Crippen LogP contribution in [0.3, 0.4) is 0 Å². The van der Waals surface area contributed by atoms with Crippen molar-refractivity contribution >= 4 is 32.6 Å². The van der Waals surface area contributed by atoms with Crippen molar-refractivity contribution in [2.24, 2.45) is 0 Å². The molecule has 1 aromatic heterocycles. The summed E-state index contributed by atoms with van der Waals surface area (Å²) in [4.78, 5) is 17.1. The molecule has 124 valence electrons. The molecule has 1 amide bonds. The van der Waals surface area contributed by atoms with Crippen molar-refractivity contribution in [2.45, 2.75) is 33.3 Å². The Bertz CT molecular complexity index is 885. The highest BCUT2D eigenvalue weighted by atomic mass is 32.1. The molecule has 4 nitrogen and oxygen atoms in total. The van der Waals surface area contributed by atoms with Crippen LogP contribution in [0.4, 0.5) is 5.13 Å². The number of nitrogens with one attached hydrogen (secondary N) is 1. The third-order valence-corrected chi connectivity index (χ3v) is 4.63. The van der Waals surface area contributed by atoms with Crippen LogP contribution in [-0.4, -0.2) is 16.5 Å². The van der Waals surface area contributed by atoms with Crippen LogP contribution >= 0.6 is 11.3 Å². The maximum absolute atomic E-state index is 12.6. The minimum atomic E-state index is -0.996. The number of carbonyl (C=O) groups excluding carboxylic acids is 1. The Labute approximate surface area is 145 Å². The topological polar surface area (TPSA) is 51.2 Å². The van der Waals surface area contributed by atoms with Gasteiger partial charge < -0.3 is 4.74 Å². The van der Waals surface area contributed by atoms with Crippen LogP contribution < -0.4 is 10.1 Å². The number of anilines is 1. The zero-order valence-corrected chi connectivity index (χ0v) is 15.0. The number of thiazole rings is 1. The Morgan fingerprint density at radius 3 is 2.58 bits per heavy atom. The van der Waals surface area contributed by atoms with E-state index in [4.69, 9.17) is 4.74 Å². The molecule has 3 rings (SSSR count). The molecule has 0 aliphatic carbocycles. The molecule has 0 atom stereocenters. The highest BCUT2D eigenvalue weighted by Crippen LogP contribution is 2.30. The van der Waals surface area contributed by atoms with E-state index in [2.05, 4.69) is 29.4 Å². The van der Waals surface area contributed by atoms with E-state index in [1.165, 1.54) is 16.9 Å². The van der Waals surface area contributed by atoms with Gasteiger partial charge >= 0.3 is 0 Å². The summed E-state index contributed by atoms with van der Waals surface area (Å²) in [5.74, 6) is 0.438. The largest absolute Gasteiger partial charge is 0.478 e. The van der Waals surface area contributed by atoms with Crippen molar-refractivity contribution < 1.29 is 9.53 Å². The molecule has 0 spiro atoms. The van der Waals surface area contributed by atoms with Crippen LogP contribution in [0.2, 0.25) is 0 Å². The van der Waals surface area contributed by atoms with Crippen molar-refractivity contribution in [1.29, 1.82) is 0 Å². The summed E-state index contributed by atoms with van der Waals surface area (Å²) in [7, 11) is 0. The molecule has 0 saturated heterocycles. The molecule has 2 aromatic carbocycles. The lowest BCUT2D eigenvalue weighted by atomic mass is 10.1. The van der Waals surface area contributed by atoms with Crippen molar-refractivity contribution in [2.75, 3.05) is 5.32 Å². The van der Waals surface area contributed by atoms with E-state index in [9.17, 15) is 4.79 Å². The number of hydrogen-bond donors (Lipinski definition) is 1. The number of ether oxygens (including phenoxy) is 1. The van der Waals surface area contributed by atoms with Gasteiger partial charge in [0, 0.05) is 0 Å². The van der Waals surface area contributed by atoms with E-state index >= 15 is 0 Å². The Kier molecular flexibility index (Phi) is 4.28. The summed E-state index contributed by atoms with van der Waals surface area (Å²) >= 11 is 1.48. The smallest absolute Gasteiger partial charge is 0.269 e. The molecule has 0 aliphatic rings. The Hall–Kier alpha value is -2.40. The predicted octanol–water partition coefficient (Wildman–Crippen LogP) is 4.71. The van der Waals surface area contributed by atoms with E-state index < -0.39 is 5.60 Å². The second-order valence-corrected chi connectivity index (χ2v) is 7.36. The highest BCUT2D eigenvalue weighted by molar-refractivity contribution is 7.22. The number of amides is 1. The van der Waals surface area contributed by atoms with Gasteiger partial charge in [0.05, 0.1) is 10.2 Å². The summed E-state index contributed by atoms with van der Waals surface area (Å²) in [6.07, 6.45) is 0. The number of aromatic nitrogens is 1. The first kappa shape index (κ1) is 16.5. The molecule has 0 saturated carbocycles. The van der Waals surface area contributed by atoms with Crippen LogP contribution in [0.15, 0.2) is 42.5 Å². The number of nitrogens with zero attached hydrogens (tertiary/aromatic N) is 1. The molecule has 5 heteroatoms. The van der Waals surface area contributed by atoms with Crippen molar-refractivity contribution in [1.82, 2.24) is 4.98 Å². The second kappa shape index (κ2) is 6.24. The fourth-order valence-corrected chi connectivity index (χ4v) is 3.54. The standard InChI is InChI=1S/C19H20N2O2S/c1-12-10-13(2)16-15(11-12)24-18(20-16)21-17(22)19(3,4)23-14-8-6-5-7-9-14/h5-11H,1-4H3,(H,20,21,22). The van der Waals surface area contributed by atoms with Crippen LogP contribution in [0, 0.1) is 13.8 Å². The number of aryl methyl sites for hydroxylation is 2. The van der Waals surface area contributed by atoms with E-state index in [0.717, 1.165) is 15.8 Å². The zero-order valence-electron chi connectivity index (χ0n) is 14.2. The fourth-order valence-electron chi connectivity index (χ4n) is 2.50. The van der Waals surface area contributed by atoms with Crippen LogP contribution in [-0.2, 0) is 4.79 Å². The molecule has 0 radical (unpaired) electrons. The number of fused-ring (bicyclic) bond motifs is 1. The van der Waals surface area contributed by atoms with E-state index in [-0.39, 0.29) is 5.91 Å². The quantitative estimate of drug-likeness (QED) is 0.748. The predicted molar refractivity (Wildman–Crippen MR) is 98.9 cm³/mol. The summed E-state index contributed by atoms with van der Waals surface area (Å²) in [6, 6.07) is 13.5. The van der Waals surface area contributed by atoms with Gasteiger partial charge in [-0.2, -0.15) is 0 Å². The van der Waals surface area contributed by atoms with Crippen LogP contribution in [0.1, 0.15) is 25.0 Å². The van der Waals surface area contributed by atoms with Gasteiger partial charge in [0.25, 0.3) is 5.91 Å². The first-order valence-corrected chi connectivity index (χ1v) is 8.60. The lowest BCUT2D eigenvalue weighted by Gasteiger charge is -2.24. The minimum absolute atomic E-state index is 0.222. The van der Waals surface area contributed by atoms with E-state index in [1.54, 1.807) is 13.8 Å². The molecule has 0 unspecified atom stereocenters. The van der Waals surface area contributed by atoms with E-state index in [1.807, 2.05) is 37.3 Å². The van der Waals surface area contributed by atoms with Gasteiger partial charge in [-0.1, -0.05) is 35.6 Å². The highest BCUT2D eigenvalue weighted by Gasteiger charge is 2.30. The Morgan fingerprint density at radius 1 is 1.17 bits per heavy atom. The Morgan fingerprint density at radius 2 is 1.88 bits per heavy atom. The second-order valence-electron chi connectivity index (χ2n) is 6.33. The SMILES string of the molecule is Cc1cc(C)c2nc(NC(=O)C(C)(C)Oc3ccccc3)sc2c1. The maximum Gasteiger partial charge on any atom is 0.269 e. The number of carbonyl (C=O) groups is 1. The minimum Gasteiger partial charge on any atom is -0.478 e. The van der Waals surface area contributed by atoms with Gasteiger partial charge in [-0.15, -0.1) is 0 Å². The molecule has 0 fully saturated rings. The van der Waals surface area contributed by atoms with Crippen molar-refractivity contribution in [3.05, 3.63) is 53.6 Å². The van der Waals surface area contributed by atoms with Gasteiger partial charge in [0.15, 0.2) is 10.7 Å². The van der Waals surface area contributed by atoms with Crippen LogP contribution in [0.5, 0.6) is 5.75 Å². The van der Waals surface area contributed by atoms with E-state index in [0.29, 0.717) is 10.9 Å². The normalized spacial score (nSPS) is 11.5. The monoisotopic (exact) mass is 340 g/mol.